The molecule has 20 atom stereocenters. The van der Waals surface area contributed by atoms with Gasteiger partial charge in [0.15, 0.2) is 6.29 Å². The lowest BCUT2D eigenvalue weighted by atomic mass is 10.1. The number of ether oxygens (including phenoxy) is 5. The molecule has 5 fully saturated rings. The average Bonchev–Trinajstić information content (AvgIpc) is 3.03. The molecule has 0 saturated carbocycles. The lowest BCUT2D eigenvalue weighted by Gasteiger charge is -2.44. The fourth-order valence-electron chi connectivity index (χ4n) is 5.51. The van der Waals surface area contributed by atoms with E-state index < -0.39 is 116 Å². The highest BCUT2D eigenvalue weighted by atomic mass is 32.2. The van der Waals surface area contributed by atoms with Crippen molar-refractivity contribution in [2.45, 2.75) is 116 Å². The van der Waals surface area contributed by atoms with Crippen molar-refractivity contribution in [2.24, 2.45) is 0 Å². The second-order valence-electron chi connectivity index (χ2n) is 11.7. The Morgan fingerprint density at radius 2 is 0.587 bits per heavy atom. The quantitative estimate of drug-likeness (QED) is 0.110. The van der Waals surface area contributed by atoms with Gasteiger partial charge in [0.25, 0.3) is 0 Å². The van der Waals surface area contributed by atoms with E-state index in [9.17, 15) is 61.3 Å². The van der Waals surface area contributed by atoms with Crippen molar-refractivity contribution in [1.82, 2.24) is 0 Å². The molecular formula is C25H42O17S4. The number of hydrogen-bond donors (Lipinski definition) is 12. The van der Waals surface area contributed by atoms with E-state index in [1.54, 1.807) is 0 Å². The van der Waals surface area contributed by atoms with Crippen molar-refractivity contribution < 1.29 is 85.0 Å². The first-order valence-corrected chi connectivity index (χ1v) is 18.4. The van der Waals surface area contributed by atoms with E-state index in [2.05, 4.69) is 0 Å². The zero-order valence-corrected chi connectivity index (χ0v) is 27.4. The van der Waals surface area contributed by atoms with E-state index in [-0.39, 0.29) is 33.0 Å². The average molecular weight is 743 g/mol. The van der Waals surface area contributed by atoms with Crippen molar-refractivity contribution in [2.75, 3.05) is 33.0 Å². The highest BCUT2D eigenvalue weighted by Gasteiger charge is 2.49. The molecule has 12 N–H and O–H groups in total. The molecule has 268 valence electrons. The molecule has 0 aromatic heterocycles. The van der Waals surface area contributed by atoms with Crippen molar-refractivity contribution in [3.05, 3.63) is 0 Å². The second kappa shape index (κ2) is 16.4. The van der Waals surface area contributed by atoms with Gasteiger partial charge < -0.3 is 85.0 Å². The minimum absolute atomic E-state index is 0.0765. The normalized spacial score (nSPS) is 54.0. The summed E-state index contributed by atoms with van der Waals surface area (Å²) in [5.41, 5.74) is -3.99. The van der Waals surface area contributed by atoms with Gasteiger partial charge in [-0.15, -0.1) is 47.0 Å². The molecule has 0 aromatic carbocycles. The van der Waals surface area contributed by atoms with Gasteiger partial charge in [0.2, 0.25) is 0 Å². The van der Waals surface area contributed by atoms with Crippen LogP contribution in [0, 0.1) is 0 Å². The Bertz CT molecular complexity index is 905. The highest BCUT2D eigenvalue weighted by Crippen LogP contribution is 2.42. The summed E-state index contributed by atoms with van der Waals surface area (Å²) in [6, 6.07) is 0. The molecule has 21 heteroatoms. The molecular weight excluding hydrogens is 701 g/mol. The van der Waals surface area contributed by atoms with Gasteiger partial charge in [0.1, 0.15) is 64.5 Å². The van der Waals surface area contributed by atoms with Crippen molar-refractivity contribution in [1.29, 1.82) is 0 Å². The van der Waals surface area contributed by atoms with Crippen LogP contribution in [0.1, 0.15) is 0 Å². The Hall–Kier alpha value is 0.720. The Labute approximate surface area is 280 Å². The lowest BCUT2D eigenvalue weighted by molar-refractivity contribution is -0.217. The number of aliphatic hydroxyl groups excluding tert-OH is 12. The molecule has 5 heterocycles. The van der Waals surface area contributed by atoms with Gasteiger partial charge in [0, 0.05) is 0 Å². The standard InChI is InChI=1S/C25H42O17S4/c26-6-1-39-22(17(33)11(6)27)44-8-3-41-24(19(35)13(8)29)46-10-5-42-25(20(36)15(10)31)45-9-4-40-23(18(34)14(9)30)43-7-2-38-21(37)16(32)12(7)28/h6-37H,1-5H2/t6-,7-,8-,9-,10-,11+,12+,13+,14+,15+,16-,17-,18-,19-,20-,21-,22+,23+,24+,25+/m1/s1. The molecule has 46 heavy (non-hydrogen) atoms. The molecule has 0 aromatic rings. The molecule has 0 aliphatic carbocycles. The van der Waals surface area contributed by atoms with Gasteiger partial charge in [-0.1, -0.05) is 0 Å². The zero-order chi connectivity index (χ0) is 33.4. The molecule has 5 aliphatic heterocycles. The first-order chi connectivity index (χ1) is 21.8. The van der Waals surface area contributed by atoms with Crippen LogP contribution in [0.15, 0.2) is 0 Å². The second-order valence-corrected chi connectivity index (χ2v) is 17.1. The fraction of sp³-hybridized carbons (Fsp3) is 1.00. The molecule has 0 bridgehead atoms. The van der Waals surface area contributed by atoms with E-state index in [0.29, 0.717) is 0 Å². The monoisotopic (exact) mass is 742 g/mol. The first-order valence-electron chi connectivity index (χ1n) is 14.6. The van der Waals surface area contributed by atoms with Crippen LogP contribution in [0.25, 0.3) is 0 Å². The summed E-state index contributed by atoms with van der Waals surface area (Å²) in [7, 11) is 0. The number of rotatable bonds is 8. The fourth-order valence-corrected chi connectivity index (χ4v) is 10.7. The largest absolute Gasteiger partial charge is 0.389 e. The number of hydrogen-bond acceptors (Lipinski definition) is 21. The van der Waals surface area contributed by atoms with Gasteiger partial charge in [-0.3, -0.25) is 0 Å². The molecule has 0 spiro atoms. The number of thioether (sulfide) groups is 4. The van der Waals surface area contributed by atoms with Crippen LogP contribution < -0.4 is 0 Å². The Morgan fingerprint density at radius 1 is 0.304 bits per heavy atom. The van der Waals surface area contributed by atoms with E-state index in [4.69, 9.17) is 23.7 Å². The van der Waals surface area contributed by atoms with Crippen LogP contribution in [0.5, 0.6) is 0 Å². The number of aliphatic hydroxyl groups is 12. The minimum atomic E-state index is -1.55. The molecule has 0 radical (unpaired) electrons. The summed E-state index contributed by atoms with van der Waals surface area (Å²) < 4.78 is 27.6. The van der Waals surface area contributed by atoms with Crippen molar-refractivity contribution >= 4 is 47.0 Å². The molecule has 5 aliphatic rings. The molecule has 0 unspecified atom stereocenters. The lowest BCUT2D eigenvalue weighted by Crippen LogP contribution is -2.57. The summed E-state index contributed by atoms with van der Waals surface area (Å²) >= 11 is 3.81. The summed E-state index contributed by atoms with van der Waals surface area (Å²) in [6.07, 6.45) is -16.9. The Kier molecular flexibility index (Phi) is 13.5. The van der Waals surface area contributed by atoms with E-state index in [0.717, 1.165) is 47.0 Å². The van der Waals surface area contributed by atoms with Gasteiger partial charge in [0.05, 0.1) is 78.5 Å². The van der Waals surface area contributed by atoms with Crippen molar-refractivity contribution in [3.8, 4) is 0 Å². The molecule has 17 nitrogen and oxygen atoms in total. The van der Waals surface area contributed by atoms with Crippen LogP contribution in [-0.2, 0) is 23.7 Å². The SMILES string of the molecule is O[C@@H]1[C@@H](O)[C@H](S[C@@H]2CO[C@@H](S[C@@H]3CO[C@@H](S[C@@H]4CO[C@@H](S[C@@H]5CO[C@@H](O)[C@H](O)[C@H]5O)[C@H](O)[C@H]4O)[C@H](O)[C@H]3O)[C@H](O)[C@H]2O)OC[C@H]1O. The van der Waals surface area contributed by atoms with Crippen LogP contribution in [-0.4, -0.2) is 210 Å². The predicted molar refractivity (Wildman–Crippen MR) is 163 cm³/mol. The van der Waals surface area contributed by atoms with Gasteiger partial charge in [-0.2, -0.15) is 0 Å². The summed E-state index contributed by atoms with van der Waals surface area (Å²) in [5, 5.41) is 121. The Balaban J connectivity index is 1.08. The van der Waals surface area contributed by atoms with Crippen LogP contribution >= 0.6 is 47.0 Å². The maximum atomic E-state index is 10.9. The zero-order valence-electron chi connectivity index (χ0n) is 24.1. The predicted octanol–water partition coefficient (Wildman–Crippen LogP) is -5.86. The van der Waals surface area contributed by atoms with E-state index in [1.807, 2.05) is 0 Å². The Morgan fingerprint density at radius 3 is 0.957 bits per heavy atom. The summed E-state index contributed by atoms with van der Waals surface area (Å²) in [4.78, 5) is 0. The van der Waals surface area contributed by atoms with Crippen LogP contribution in [0.4, 0.5) is 0 Å². The summed E-state index contributed by atoms with van der Waals surface area (Å²) in [6.45, 7) is -0.594. The third-order valence-electron chi connectivity index (χ3n) is 8.45. The first kappa shape index (κ1) is 38.0. The maximum Gasteiger partial charge on any atom is 0.183 e. The molecule has 5 saturated heterocycles. The third-order valence-corrected chi connectivity index (χ3v) is 14.2. The van der Waals surface area contributed by atoms with Crippen LogP contribution in [0.3, 0.4) is 0 Å². The highest BCUT2D eigenvalue weighted by molar-refractivity contribution is 8.01. The van der Waals surface area contributed by atoms with Gasteiger partial charge >= 0.3 is 0 Å². The van der Waals surface area contributed by atoms with Crippen LogP contribution in [0.2, 0.25) is 0 Å². The molecule has 0 amide bonds. The van der Waals surface area contributed by atoms with Gasteiger partial charge in [-0.05, 0) is 0 Å². The van der Waals surface area contributed by atoms with Crippen molar-refractivity contribution in [3.63, 3.8) is 0 Å². The van der Waals surface area contributed by atoms with E-state index >= 15 is 0 Å². The minimum Gasteiger partial charge on any atom is -0.389 e. The third kappa shape index (κ3) is 8.26. The van der Waals surface area contributed by atoms with E-state index in [1.165, 1.54) is 0 Å². The summed E-state index contributed by atoms with van der Waals surface area (Å²) in [5.74, 6) is 0. The smallest absolute Gasteiger partial charge is 0.183 e. The topological polar surface area (TPSA) is 289 Å². The van der Waals surface area contributed by atoms with Gasteiger partial charge in [-0.25, -0.2) is 0 Å². The maximum absolute atomic E-state index is 10.9. The molecule has 5 rings (SSSR count).